The number of carbonyl (C=O) groups excluding carboxylic acids is 1. The molecule has 1 rings (SSSR count). The van der Waals surface area contributed by atoms with Gasteiger partial charge >= 0.3 is 0 Å². The molecule has 0 aromatic heterocycles. The summed E-state index contributed by atoms with van der Waals surface area (Å²) < 4.78 is 5.58. The maximum Gasteiger partial charge on any atom is 0.160 e. The van der Waals surface area contributed by atoms with E-state index in [9.17, 15) is 4.79 Å². The minimum Gasteiger partial charge on any atom is -0.483 e. The van der Waals surface area contributed by atoms with Gasteiger partial charge in [-0.15, -0.1) is 0 Å². The molecule has 0 bridgehead atoms. The SMILES string of the molecule is CC(C)[C@H](C=O)Oc1cccc(CBr)c1. The van der Waals surface area contributed by atoms with Crippen LogP contribution in [0.5, 0.6) is 5.75 Å². The van der Waals surface area contributed by atoms with Gasteiger partial charge < -0.3 is 4.74 Å². The molecule has 3 heteroatoms. The normalized spacial score (nSPS) is 12.5. The molecule has 0 aliphatic heterocycles. The zero-order chi connectivity index (χ0) is 11.3. The van der Waals surface area contributed by atoms with Crippen LogP contribution >= 0.6 is 15.9 Å². The van der Waals surface area contributed by atoms with Gasteiger partial charge in [0.15, 0.2) is 12.4 Å². The van der Waals surface area contributed by atoms with Crippen molar-refractivity contribution >= 4 is 22.2 Å². The van der Waals surface area contributed by atoms with Gasteiger partial charge in [0.05, 0.1) is 0 Å². The molecule has 0 radical (unpaired) electrons. The van der Waals surface area contributed by atoms with E-state index in [0.29, 0.717) is 0 Å². The molecular formula is C12H15BrO2. The highest BCUT2D eigenvalue weighted by Crippen LogP contribution is 2.18. The highest BCUT2D eigenvalue weighted by Gasteiger charge is 2.13. The average Bonchev–Trinajstić information content (AvgIpc) is 2.25. The summed E-state index contributed by atoms with van der Waals surface area (Å²) in [5.41, 5.74) is 1.14. The standard InChI is InChI=1S/C12H15BrO2/c1-9(2)12(8-14)15-11-5-3-4-10(6-11)7-13/h3-6,8-9,12H,7H2,1-2H3/t12-/m0/s1. The van der Waals surface area contributed by atoms with Gasteiger partial charge in [-0.2, -0.15) is 0 Å². The molecule has 0 saturated heterocycles. The Balaban J connectivity index is 2.74. The quantitative estimate of drug-likeness (QED) is 0.607. The largest absolute Gasteiger partial charge is 0.483 e. The van der Waals surface area contributed by atoms with E-state index in [4.69, 9.17) is 4.74 Å². The van der Waals surface area contributed by atoms with Crippen LogP contribution in [0, 0.1) is 5.92 Å². The van der Waals surface area contributed by atoms with Crippen molar-refractivity contribution < 1.29 is 9.53 Å². The zero-order valence-corrected chi connectivity index (χ0v) is 10.5. The Labute approximate surface area is 98.8 Å². The van der Waals surface area contributed by atoms with E-state index in [-0.39, 0.29) is 12.0 Å². The van der Waals surface area contributed by atoms with Crippen molar-refractivity contribution in [3.8, 4) is 5.75 Å². The fourth-order valence-corrected chi connectivity index (χ4v) is 1.53. The van der Waals surface area contributed by atoms with E-state index in [0.717, 1.165) is 22.9 Å². The van der Waals surface area contributed by atoms with Crippen molar-refractivity contribution in [3.05, 3.63) is 29.8 Å². The van der Waals surface area contributed by atoms with Crippen LogP contribution in [-0.4, -0.2) is 12.4 Å². The number of hydrogen-bond acceptors (Lipinski definition) is 2. The molecule has 0 amide bonds. The van der Waals surface area contributed by atoms with Crippen LogP contribution < -0.4 is 4.74 Å². The first kappa shape index (κ1) is 12.2. The lowest BCUT2D eigenvalue weighted by atomic mass is 10.1. The summed E-state index contributed by atoms with van der Waals surface area (Å²) >= 11 is 3.38. The van der Waals surface area contributed by atoms with E-state index in [1.807, 2.05) is 38.1 Å². The van der Waals surface area contributed by atoms with Gasteiger partial charge in [0.2, 0.25) is 0 Å². The van der Waals surface area contributed by atoms with Gasteiger partial charge in [0.25, 0.3) is 0 Å². The number of ether oxygens (including phenoxy) is 1. The summed E-state index contributed by atoms with van der Waals surface area (Å²) in [4.78, 5) is 10.8. The molecule has 1 aromatic rings. The minimum atomic E-state index is -0.365. The van der Waals surface area contributed by atoms with Crippen LogP contribution in [0.15, 0.2) is 24.3 Å². The number of halogens is 1. The molecule has 1 atom stereocenters. The molecule has 82 valence electrons. The van der Waals surface area contributed by atoms with Gasteiger partial charge in [-0.05, 0) is 23.6 Å². The third-order valence-electron chi connectivity index (χ3n) is 2.12. The lowest BCUT2D eigenvalue weighted by molar-refractivity contribution is -0.115. The first-order valence-corrected chi connectivity index (χ1v) is 6.06. The molecule has 2 nitrogen and oxygen atoms in total. The van der Waals surface area contributed by atoms with Gasteiger partial charge in [0.1, 0.15) is 5.75 Å². The summed E-state index contributed by atoms with van der Waals surface area (Å²) in [5.74, 6) is 0.938. The molecule has 0 N–H and O–H groups in total. The van der Waals surface area contributed by atoms with Crippen molar-refractivity contribution in [3.63, 3.8) is 0 Å². The van der Waals surface area contributed by atoms with Crippen molar-refractivity contribution in [2.45, 2.75) is 25.3 Å². The summed E-state index contributed by atoms with van der Waals surface area (Å²) in [7, 11) is 0. The Morgan fingerprint density at radius 1 is 1.47 bits per heavy atom. The molecule has 15 heavy (non-hydrogen) atoms. The highest BCUT2D eigenvalue weighted by atomic mass is 79.9. The van der Waals surface area contributed by atoms with Crippen molar-refractivity contribution in [1.82, 2.24) is 0 Å². The second-order valence-electron chi connectivity index (χ2n) is 3.74. The number of hydrogen-bond donors (Lipinski definition) is 0. The first-order valence-electron chi connectivity index (χ1n) is 4.94. The summed E-state index contributed by atoms with van der Waals surface area (Å²) in [6.45, 7) is 3.93. The fraction of sp³-hybridized carbons (Fsp3) is 0.417. The van der Waals surface area contributed by atoms with E-state index >= 15 is 0 Å². The average molecular weight is 271 g/mol. The topological polar surface area (TPSA) is 26.3 Å². The molecule has 0 heterocycles. The van der Waals surface area contributed by atoms with Crippen LogP contribution in [0.4, 0.5) is 0 Å². The third-order valence-corrected chi connectivity index (χ3v) is 2.76. The lowest BCUT2D eigenvalue weighted by Gasteiger charge is -2.17. The molecule has 1 aromatic carbocycles. The smallest absolute Gasteiger partial charge is 0.160 e. The minimum absolute atomic E-state index is 0.190. The van der Waals surface area contributed by atoms with E-state index in [1.54, 1.807) is 0 Å². The predicted molar refractivity (Wildman–Crippen MR) is 64.4 cm³/mol. The number of carbonyl (C=O) groups is 1. The Morgan fingerprint density at radius 3 is 2.73 bits per heavy atom. The molecule has 0 saturated carbocycles. The second kappa shape index (κ2) is 5.91. The first-order chi connectivity index (χ1) is 7.17. The fourth-order valence-electron chi connectivity index (χ4n) is 1.18. The Hall–Kier alpha value is -0.830. The Morgan fingerprint density at radius 2 is 2.20 bits per heavy atom. The Kier molecular flexibility index (Phi) is 4.82. The van der Waals surface area contributed by atoms with E-state index < -0.39 is 0 Å². The van der Waals surface area contributed by atoms with E-state index in [2.05, 4.69) is 15.9 Å². The van der Waals surface area contributed by atoms with Crippen LogP contribution in [0.2, 0.25) is 0 Å². The maximum absolute atomic E-state index is 10.8. The van der Waals surface area contributed by atoms with Crippen LogP contribution in [0.1, 0.15) is 19.4 Å². The number of aldehydes is 1. The predicted octanol–water partition coefficient (Wildman–Crippen LogP) is 3.18. The molecule has 0 aliphatic carbocycles. The van der Waals surface area contributed by atoms with Crippen LogP contribution in [-0.2, 0) is 10.1 Å². The number of benzene rings is 1. The highest BCUT2D eigenvalue weighted by molar-refractivity contribution is 9.08. The van der Waals surface area contributed by atoms with Gasteiger partial charge in [-0.1, -0.05) is 41.9 Å². The number of rotatable bonds is 5. The van der Waals surface area contributed by atoms with Gasteiger partial charge in [0, 0.05) is 5.33 Å². The molecule has 0 fully saturated rings. The maximum atomic E-state index is 10.8. The van der Waals surface area contributed by atoms with Crippen LogP contribution in [0.3, 0.4) is 0 Å². The second-order valence-corrected chi connectivity index (χ2v) is 4.30. The lowest BCUT2D eigenvalue weighted by Crippen LogP contribution is -2.24. The van der Waals surface area contributed by atoms with Crippen molar-refractivity contribution in [2.24, 2.45) is 5.92 Å². The molecule has 0 aliphatic rings. The zero-order valence-electron chi connectivity index (χ0n) is 8.94. The van der Waals surface area contributed by atoms with Crippen molar-refractivity contribution in [2.75, 3.05) is 0 Å². The third kappa shape index (κ3) is 3.67. The molecular weight excluding hydrogens is 256 g/mol. The summed E-state index contributed by atoms with van der Waals surface area (Å²) in [5, 5.41) is 0.789. The molecule has 0 unspecified atom stereocenters. The monoisotopic (exact) mass is 270 g/mol. The van der Waals surface area contributed by atoms with E-state index in [1.165, 1.54) is 0 Å². The number of alkyl halides is 1. The van der Waals surface area contributed by atoms with Crippen LogP contribution in [0.25, 0.3) is 0 Å². The van der Waals surface area contributed by atoms with Crippen molar-refractivity contribution in [1.29, 1.82) is 0 Å². The summed E-state index contributed by atoms with van der Waals surface area (Å²) in [6, 6.07) is 7.74. The van der Waals surface area contributed by atoms with Gasteiger partial charge in [-0.25, -0.2) is 0 Å². The summed E-state index contributed by atoms with van der Waals surface area (Å²) in [6.07, 6.45) is 0.487. The van der Waals surface area contributed by atoms with Gasteiger partial charge in [-0.3, -0.25) is 4.79 Å². The molecule has 0 spiro atoms. The Bertz CT molecular complexity index is 323.